The first-order valence-corrected chi connectivity index (χ1v) is 10.0. The van der Waals surface area contributed by atoms with Crippen LogP contribution < -0.4 is 10.9 Å². The first-order chi connectivity index (χ1) is 14.1. The first kappa shape index (κ1) is 22.0. The van der Waals surface area contributed by atoms with Crippen LogP contribution in [0.4, 0.5) is 5.95 Å². The van der Waals surface area contributed by atoms with E-state index in [1.807, 2.05) is 18.2 Å². The van der Waals surface area contributed by atoms with Gasteiger partial charge in [0.15, 0.2) is 0 Å². The molecule has 0 unspecified atom stereocenters. The molecule has 2 N–H and O–H groups in total. The molecule has 7 nitrogen and oxygen atoms in total. The van der Waals surface area contributed by atoms with Crippen LogP contribution in [0.15, 0.2) is 41.3 Å². The van der Waals surface area contributed by atoms with Crippen molar-refractivity contribution in [2.75, 3.05) is 25.0 Å². The third-order valence-corrected chi connectivity index (χ3v) is 5.55. The second kappa shape index (κ2) is 9.90. The maximum Gasteiger partial charge on any atom is 0.257 e. The van der Waals surface area contributed by atoms with Crippen LogP contribution in [0.3, 0.4) is 0 Å². The smallest absolute Gasteiger partial charge is 0.257 e. The van der Waals surface area contributed by atoms with E-state index < -0.39 is 0 Å². The Balaban J connectivity index is 0.00000256. The van der Waals surface area contributed by atoms with Gasteiger partial charge < -0.3 is 15.2 Å². The van der Waals surface area contributed by atoms with Crippen LogP contribution in [-0.4, -0.2) is 45.5 Å². The Hall–Kier alpha value is -2.66. The van der Waals surface area contributed by atoms with Crippen LogP contribution in [-0.2, 0) is 0 Å². The van der Waals surface area contributed by atoms with Crippen LogP contribution in [0.5, 0.6) is 0 Å². The third-order valence-electron chi connectivity index (χ3n) is 5.22. The quantitative estimate of drug-likeness (QED) is 0.619. The number of aromatic nitrogens is 3. The van der Waals surface area contributed by atoms with Crippen LogP contribution in [0.25, 0.3) is 22.2 Å². The molecule has 3 aromatic rings. The Kier molecular flexibility index (Phi) is 7.27. The number of hydrogen-bond donors (Lipinski definition) is 2. The molecule has 1 aliphatic heterocycles. The van der Waals surface area contributed by atoms with Crippen molar-refractivity contribution in [2.45, 2.75) is 25.3 Å². The van der Waals surface area contributed by atoms with Crippen molar-refractivity contribution < 1.29 is 0 Å². The van der Waals surface area contributed by atoms with Crippen molar-refractivity contribution >= 4 is 41.0 Å². The first-order valence-electron chi connectivity index (χ1n) is 9.65. The molecule has 0 amide bonds. The number of nitriles is 1. The summed E-state index contributed by atoms with van der Waals surface area (Å²) >= 11 is 6.24. The number of fused-ring (bicyclic) bond motifs is 1. The molecule has 0 saturated carbocycles. The minimum atomic E-state index is -0.235. The number of likely N-dealkylation sites (tertiary alicyclic amines) is 1. The van der Waals surface area contributed by atoms with Gasteiger partial charge in [0.05, 0.1) is 6.07 Å². The second-order valence-corrected chi connectivity index (χ2v) is 7.57. The van der Waals surface area contributed by atoms with E-state index >= 15 is 0 Å². The third kappa shape index (κ3) is 4.90. The van der Waals surface area contributed by atoms with Gasteiger partial charge in [-0.2, -0.15) is 10.2 Å². The number of nitrogens with one attached hydrogen (secondary N) is 2. The summed E-state index contributed by atoms with van der Waals surface area (Å²) in [7, 11) is 0. The molecular formula is C21H22Cl2N6O. The fourth-order valence-corrected chi connectivity index (χ4v) is 3.87. The molecule has 0 aliphatic carbocycles. The highest BCUT2D eigenvalue weighted by Crippen LogP contribution is 2.26. The van der Waals surface area contributed by atoms with Gasteiger partial charge in [0.1, 0.15) is 5.65 Å². The maximum absolute atomic E-state index is 12.6. The van der Waals surface area contributed by atoms with E-state index in [1.165, 1.54) is 0 Å². The van der Waals surface area contributed by atoms with Gasteiger partial charge in [0.2, 0.25) is 5.95 Å². The van der Waals surface area contributed by atoms with Crippen molar-refractivity contribution in [3.05, 3.63) is 51.9 Å². The number of pyridine rings is 1. The standard InChI is InChI=1S/C21H21ClN6O.ClH/c22-18-5-2-1-4-16(18)17-12-14-13-24-21(27-19(14)26-20(17)29)25-15-6-10-28(11-7-15)9-3-8-23;/h1-2,4-5,12-13,15H,3,6-7,9-11H2,(H2,24,25,26,27,29);1H. The molecule has 1 aromatic carbocycles. The molecule has 3 heterocycles. The Morgan fingerprint density at radius 2 is 2.03 bits per heavy atom. The van der Waals surface area contributed by atoms with Gasteiger partial charge in [-0.15, -0.1) is 12.4 Å². The lowest BCUT2D eigenvalue weighted by atomic mass is 10.1. The molecular weight excluding hydrogens is 423 g/mol. The van der Waals surface area contributed by atoms with E-state index in [-0.39, 0.29) is 24.0 Å². The number of nitrogens with zero attached hydrogens (tertiary/aromatic N) is 4. The number of piperidine rings is 1. The highest BCUT2D eigenvalue weighted by molar-refractivity contribution is 6.33. The molecule has 0 atom stereocenters. The Bertz CT molecular complexity index is 1120. The Labute approximate surface area is 185 Å². The monoisotopic (exact) mass is 444 g/mol. The number of anilines is 1. The summed E-state index contributed by atoms with van der Waals surface area (Å²) < 4.78 is 0. The number of aromatic amines is 1. The van der Waals surface area contributed by atoms with Gasteiger partial charge in [-0.3, -0.25) is 4.79 Å². The number of hydrogen-bond acceptors (Lipinski definition) is 6. The lowest BCUT2D eigenvalue weighted by Gasteiger charge is -2.31. The molecule has 0 bridgehead atoms. The number of benzene rings is 1. The van der Waals surface area contributed by atoms with Crippen LogP contribution in [0.1, 0.15) is 19.3 Å². The molecule has 156 valence electrons. The topological polar surface area (TPSA) is 97.7 Å². The molecule has 4 rings (SSSR count). The van der Waals surface area contributed by atoms with E-state index in [9.17, 15) is 4.79 Å². The predicted octanol–water partition coefficient (Wildman–Crippen LogP) is 3.85. The fraction of sp³-hybridized carbons (Fsp3) is 0.333. The zero-order valence-electron chi connectivity index (χ0n) is 16.3. The normalized spacial score (nSPS) is 14.8. The maximum atomic E-state index is 12.6. The zero-order valence-corrected chi connectivity index (χ0v) is 17.8. The van der Waals surface area contributed by atoms with Crippen molar-refractivity contribution in [1.29, 1.82) is 5.26 Å². The van der Waals surface area contributed by atoms with Gasteiger partial charge in [0, 0.05) is 59.8 Å². The van der Waals surface area contributed by atoms with Crippen LogP contribution in [0.2, 0.25) is 5.02 Å². The average Bonchev–Trinajstić information content (AvgIpc) is 2.73. The summed E-state index contributed by atoms with van der Waals surface area (Å²) in [6.45, 7) is 2.72. The summed E-state index contributed by atoms with van der Waals surface area (Å²) in [4.78, 5) is 26.6. The second-order valence-electron chi connectivity index (χ2n) is 7.16. The highest BCUT2D eigenvalue weighted by atomic mass is 35.5. The van der Waals surface area contributed by atoms with Gasteiger partial charge in [-0.1, -0.05) is 29.8 Å². The zero-order chi connectivity index (χ0) is 20.2. The average molecular weight is 445 g/mol. The number of rotatable bonds is 5. The van der Waals surface area contributed by atoms with E-state index in [0.29, 0.717) is 34.2 Å². The summed E-state index contributed by atoms with van der Waals surface area (Å²) in [6, 6.07) is 11.5. The van der Waals surface area contributed by atoms with Crippen molar-refractivity contribution in [3.63, 3.8) is 0 Å². The molecule has 0 spiro atoms. The minimum absolute atomic E-state index is 0. The van der Waals surface area contributed by atoms with Gasteiger partial charge in [0.25, 0.3) is 5.56 Å². The molecule has 2 aromatic heterocycles. The summed E-state index contributed by atoms with van der Waals surface area (Å²) in [5, 5.41) is 13.3. The van der Waals surface area contributed by atoms with Crippen molar-refractivity contribution in [2.24, 2.45) is 0 Å². The Morgan fingerprint density at radius 3 is 2.77 bits per heavy atom. The van der Waals surface area contributed by atoms with Crippen LogP contribution in [0, 0.1) is 11.3 Å². The molecule has 1 aliphatic rings. The molecule has 1 fully saturated rings. The molecule has 0 radical (unpaired) electrons. The highest BCUT2D eigenvalue weighted by Gasteiger charge is 2.19. The Morgan fingerprint density at radius 1 is 1.27 bits per heavy atom. The summed E-state index contributed by atoms with van der Waals surface area (Å²) in [5.41, 5.74) is 1.44. The molecule has 1 saturated heterocycles. The van der Waals surface area contributed by atoms with E-state index in [0.717, 1.165) is 37.9 Å². The number of halogens is 2. The van der Waals surface area contributed by atoms with Gasteiger partial charge in [-0.05, 0) is 25.0 Å². The summed E-state index contributed by atoms with van der Waals surface area (Å²) in [5.74, 6) is 0.508. The van der Waals surface area contributed by atoms with Crippen molar-refractivity contribution in [3.8, 4) is 17.2 Å². The fourth-order valence-electron chi connectivity index (χ4n) is 3.63. The van der Waals surface area contributed by atoms with E-state index in [1.54, 1.807) is 18.3 Å². The van der Waals surface area contributed by atoms with E-state index in [4.69, 9.17) is 16.9 Å². The SMILES string of the molecule is Cl.N#CCCN1CCC(Nc2ncc3cc(-c4ccccc4Cl)c(=O)[nH]c3n2)CC1. The van der Waals surface area contributed by atoms with Crippen molar-refractivity contribution in [1.82, 2.24) is 19.9 Å². The molecule has 9 heteroatoms. The number of H-pyrrole nitrogens is 1. The molecule has 30 heavy (non-hydrogen) atoms. The van der Waals surface area contributed by atoms with E-state index in [2.05, 4.69) is 31.2 Å². The lowest BCUT2D eigenvalue weighted by molar-refractivity contribution is 0.223. The van der Waals surface area contributed by atoms with Gasteiger partial charge >= 0.3 is 0 Å². The minimum Gasteiger partial charge on any atom is -0.351 e. The van der Waals surface area contributed by atoms with Gasteiger partial charge in [-0.25, -0.2) is 4.98 Å². The largest absolute Gasteiger partial charge is 0.351 e. The predicted molar refractivity (Wildman–Crippen MR) is 121 cm³/mol. The van der Waals surface area contributed by atoms with Crippen LogP contribution >= 0.6 is 24.0 Å². The lowest BCUT2D eigenvalue weighted by Crippen LogP contribution is -2.39. The summed E-state index contributed by atoms with van der Waals surface area (Å²) in [6.07, 6.45) is 4.21.